The Hall–Kier alpha value is -1.06. The van der Waals surface area contributed by atoms with Gasteiger partial charge < -0.3 is 10.2 Å². The van der Waals surface area contributed by atoms with E-state index in [0.717, 1.165) is 45.1 Å². The van der Waals surface area contributed by atoms with Crippen LogP contribution < -0.4 is 5.32 Å². The van der Waals surface area contributed by atoms with Crippen LogP contribution in [0.1, 0.15) is 59.3 Å². The normalized spacial score (nSPS) is 26.3. The van der Waals surface area contributed by atoms with Gasteiger partial charge in [0.05, 0.1) is 0 Å². The highest BCUT2D eigenvalue weighted by atomic mass is 16.2. The van der Waals surface area contributed by atoms with Crippen molar-refractivity contribution in [3.8, 4) is 0 Å². The minimum absolute atomic E-state index is 0.0828. The van der Waals surface area contributed by atoms with Crippen LogP contribution in [0.5, 0.6) is 0 Å². The summed E-state index contributed by atoms with van der Waals surface area (Å²) in [6, 6.07) is -0.337. The smallest absolute Gasteiger partial charge is 0.246 e. The molecule has 4 heteroatoms. The molecule has 1 heterocycles. The van der Waals surface area contributed by atoms with Crippen LogP contribution in [-0.2, 0) is 9.59 Å². The molecule has 1 atom stereocenters. The van der Waals surface area contributed by atoms with E-state index in [2.05, 4.69) is 12.2 Å². The number of hydrogen-bond acceptors (Lipinski definition) is 2. The quantitative estimate of drug-likeness (QED) is 0.847. The maximum atomic E-state index is 12.7. The fourth-order valence-corrected chi connectivity index (χ4v) is 3.39. The number of hydrogen-bond donors (Lipinski definition) is 1. The summed E-state index contributed by atoms with van der Waals surface area (Å²) in [6.45, 7) is 6.84. The minimum atomic E-state index is -0.530. The third-order valence-electron chi connectivity index (χ3n) is 4.59. The standard InChI is InChI=1S/C15H26N2O2/c1-4-5-10-17-13(18)12(11(2)3)16-14(19)15(17)8-6-7-9-15/h11-12H,4-10H2,1-3H3,(H,16,19). The van der Waals surface area contributed by atoms with Crippen molar-refractivity contribution < 1.29 is 9.59 Å². The van der Waals surface area contributed by atoms with Gasteiger partial charge in [0.25, 0.3) is 0 Å². The van der Waals surface area contributed by atoms with Crippen molar-refractivity contribution >= 4 is 11.8 Å². The molecule has 0 aromatic carbocycles. The monoisotopic (exact) mass is 266 g/mol. The van der Waals surface area contributed by atoms with Gasteiger partial charge in [0.15, 0.2) is 0 Å². The Kier molecular flexibility index (Phi) is 4.16. The molecule has 0 aromatic heterocycles. The van der Waals surface area contributed by atoms with Crippen LogP contribution in [0, 0.1) is 5.92 Å². The van der Waals surface area contributed by atoms with E-state index in [4.69, 9.17) is 0 Å². The molecule has 1 aliphatic heterocycles. The summed E-state index contributed by atoms with van der Waals surface area (Å²) < 4.78 is 0. The maximum absolute atomic E-state index is 12.7. The number of nitrogens with zero attached hydrogens (tertiary/aromatic N) is 1. The van der Waals surface area contributed by atoms with Crippen molar-refractivity contribution in [1.82, 2.24) is 10.2 Å². The molecule has 108 valence electrons. The molecule has 19 heavy (non-hydrogen) atoms. The van der Waals surface area contributed by atoms with Crippen LogP contribution in [0.25, 0.3) is 0 Å². The second-order valence-corrected chi connectivity index (χ2v) is 6.28. The van der Waals surface area contributed by atoms with Gasteiger partial charge in [-0.25, -0.2) is 0 Å². The van der Waals surface area contributed by atoms with Crippen LogP contribution in [0.2, 0.25) is 0 Å². The van der Waals surface area contributed by atoms with Gasteiger partial charge in [-0.2, -0.15) is 0 Å². The Bertz CT molecular complexity index is 359. The van der Waals surface area contributed by atoms with Gasteiger partial charge >= 0.3 is 0 Å². The van der Waals surface area contributed by atoms with Gasteiger partial charge in [-0.3, -0.25) is 9.59 Å². The van der Waals surface area contributed by atoms with Gasteiger partial charge in [-0.05, 0) is 25.2 Å². The Balaban J connectivity index is 2.27. The number of nitrogens with one attached hydrogen (secondary N) is 1. The Morgan fingerprint density at radius 2 is 1.95 bits per heavy atom. The highest BCUT2D eigenvalue weighted by molar-refractivity contribution is 6.00. The maximum Gasteiger partial charge on any atom is 0.246 e. The second kappa shape index (κ2) is 5.51. The van der Waals surface area contributed by atoms with Gasteiger partial charge in [0.1, 0.15) is 11.6 Å². The number of amides is 2. The van der Waals surface area contributed by atoms with E-state index >= 15 is 0 Å². The van der Waals surface area contributed by atoms with Crippen LogP contribution in [0.4, 0.5) is 0 Å². The lowest BCUT2D eigenvalue weighted by Gasteiger charge is -2.47. The molecule has 0 aromatic rings. The van der Waals surface area contributed by atoms with Crippen molar-refractivity contribution in [3.63, 3.8) is 0 Å². The molecule has 1 unspecified atom stereocenters. The molecule has 2 rings (SSSR count). The summed E-state index contributed by atoms with van der Waals surface area (Å²) >= 11 is 0. The molecule has 1 saturated heterocycles. The zero-order valence-electron chi connectivity index (χ0n) is 12.4. The van der Waals surface area contributed by atoms with E-state index in [1.165, 1.54) is 0 Å². The lowest BCUT2D eigenvalue weighted by Crippen LogP contribution is -2.70. The van der Waals surface area contributed by atoms with Crippen molar-refractivity contribution in [2.75, 3.05) is 6.54 Å². The molecule has 1 aliphatic carbocycles. The lowest BCUT2D eigenvalue weighted by atomic mass is 9.86. The molecule has 1 N–H and O–H groups in total. The van der Waals surface area contributed by atoms with Crippen LogP contribution in [-0.4, -0.2) is 34.8 Å². The summed E-state index contributed by atoms with van der Waals surface area (Å²) in [5, 5.41) is 2.97. The molecule has 4 nitrogen and oxygen atoms in total. The van der Waals surface area contributed by atoms with Crippen molar-refractivity contribution in [1.29, 1.82) is 0 Å². The topological polar surface area (TPSA) is 49.4 Å². The third-order valence-corrected chi connectivity index (χ3v) is 4.59. The first-order valence-corrected chi connectivity index (χ1v) is 7.65. The zero-order chi connectivity index (χ0) is 14.0. The predicted octanol–water partition coefficient (Wildman–Crippen LogP) is 2.08. The van der Waals surface area contributed by atoms with Gasteiger partial charge in [0.2, 0.25) is 11.8 Å². The molecule has 0 bridgehead atoms. The number of unbranched alkanes of at least 4 members (excludes halogenated alkanes) is 1. The zero-order valence-corrected chi connectivity index (χ0v) is 12.4. The number of piperazine rings is 1. The van der Waals surface area contributed by atoms with Gasteiger partial charge in [-0.15, -0.1) is 0 Å². The molecular weight excluding hydrogens is 240 g/mol. The fourth-order valence-electron chi connectivity index (χ4n) is 3.39. The largest absolute Gasteiger partial charge is 0.342 e. The fraction of sp³-hybridized carbons (Fsp3) is 0.867. The summed E-state index contributed by atoms with van der Waals surface area (Å²) in [5.41, 5.74) is -0.530. The first-order valence-electron chi connectivity index (χ1n) is 7.65. The molecular formula is C15H26N2O2. The Morgan fingerprint density at radius 3 is 2.47 bits per heavy atom. The van der Waals surface area contributed by atoms with Crippen LogP contribution in [0.15, 0.2) is 0 Å². The molecule has 1 saturated carbocycles. The summed E-state index contributed by atoms with van der Waals surface area (Å²) in [4.78, 5) is 27.1. The van der Waals surface area contributed by atoms with E-state index in [-0.39, 0.29) is 23.8 Å². The average molecular weight is 266 g/mol. The third kappa shape index (κ3) is 2.37. The molecule has 0 radical (unpaired) electrons. The van der Waals surface area contributed by atoms with E-state index in [1.807, 2.05) is 18.7 Å². The highest BCUT2D eigenvalue weighted by Crippen LogP contribution is 2.38. The lowest BCUT2D eigenvalue weighted by molar-refractivity contribution is -0.158. The Morgan fingerprint density at radius 1 is 1.32 bits per heavy atom. The van der Waals surface area contributed by atoms with Crippen molar-refractivity contribution in [2.45, 2.75) is 70.9 Å². The summed E-state index contributed by atoms with van der Waals surface area (Å²) in [7, 11) is 0. The van der Waals surface area contributed by atoms with Crippen LogP contribution in [0.3, 0.4) is 0 Å². The Labute approximate surface area is 115 Å². The average Bonchev–Trinajstić information content (AvgIpc) is 2.84. The van der Waals surface area contributed by atoms with Crippen molar-refractivity contribution in [2.24, 2.45) is 5.92 Å². The predicted molar refractivity (Wildman–Crippen MR) is 74.6 cm³/mol. The molecule has 2 fully saturated rings. The number of carbonyl (C=O) groups excluding carboxylic acids is 2. The van der Waals surface area contributed by atoms with Crippen LogP contribution >= 0.6 is 0 Å². The second-order valence-electron chi connectivity index (χ2n) is 6.28. The number of carbonyl (C=O) groups is 2. The van der Waals surface area contributed by atoms with E-state index in [1.54, 1.807) is 0 Å². The first-order chi connectivity index (χ1) is 9.03. The van der Waals surface area contributed by atoms with E-state index < -0.39 is 5.54 Å². The van der Waals surface area contributed by atoms with Crippen molar-refractivity contribution in [3.05, 3.63) is 0 Å². The minimum Gasteiger partial charge on any atom is -0.342 e. The first kappa shape index (κ1) is 14.4. The molecule has 1 spiro atoms. The summed E-state index contributed by atoms with van der Waals surface area (Å²) in [6.07, 6.45) is 5.79. The number of rotatable bonds is 4. The van der Waals surface area contributed by atoms with E-state index in [9.17, 15) is 9.59 Å². The van der Waals surface area contributed by atoms with Gasteiger partial charge in [0, 0.05) is 6.54 Å². The highest BCUT2D eigenvalue weighted by Gasteiger charge is 2.53. The van der Waals surface area contributed by atoms with Gasteiger partial charge in [-0.1, -0.05) is 40.0 Å². The van der Waals surface area contributed by atoms with E-state index in [0.29, 0.717) is 0 Å². The molecule has 2 amide bonds. The summed E-state index contributed by atoms with van der Waals surface area (Å²) in [5.74, 6) is 0.365. The SMILES string of the molecule is CCCCN1C(=O)C(C(C)C)NC(=O)C12CCCC2. The molecule has 2 aliphatic rings.